The lowest BCUT2D eigenvalue weighted by Crippen LogP contribution is -2.40. The molecule has 2 aliphatic rings. The third-order valence-electron chi connectivity index (χ3n) is 5.26. The molecule has 6 heteroatoms. The second kappa shape index (κ2) is 7.03. The normalized spacial score (nSPS) is 20.6. The van der Waals surface area contributed by atoms with Crippen molar-refractivity contribution in [3.05, 3.63) is 71.3 Å². The van der Waals surface area contributed by atoms with E-state index in [1.807, 2.05) is 36.4 Å². The number of ketones is 1. The quantitative estimate of drug-likeness (QED) is 0.824. The summed E-state index contributed by atoms with van der Waals surface area (Å²) in [4.78, 5) is 13.1. The summed E-state index contributed by atoms with van der Waals surface area (Å²) in [6.07, 6.45) is 4.21. The minimum atomic E-state index is -3.67. The van der Waals surface area contributed by atoms with Crippen molar-refractivity contribution in [3.8, 4) is 0 Å². The van der Waals surface area contributed by atoms with Gasteiger partial charge in [-0.15, -0.1) is 0 Å². The topological polar surface area (TPSA) is 74.7 Å². The largest absolute Gasteiger partial charge is 0.393 e. The maximum Gasteiger partial charge on any atom is 0.243 e. The number of rotatable bonds is 4. The Kier molecular flexibility index (Phi) is 4.72. The first-order valence-electron chi connectivity index (χ1n) is 9.06. The van der Waals surface area contributed by atoms with E-state index in [2.05, 4.69) is 0 Å². The van der Waals surface area contributed by atoms with Gasteiger partial charge in [-0.3, -0.25) is 4.79 Å². The third-order valence-corrected chi connectivity index (χ3v) is 7.16. The van der Waals surface area contributed by atoms with E-state index in [1.165, 1.54) is 16.4 Å². The number of piperidine rings is 1. The Hall–Kier alpha value is -2.28. The highest BCUT2D eigenvalue weighted by Gasteiger charge is 2.30. The molecule has 1 unspecified atom stereocenters. The first-order valence-corrected chi connectivity index (χ1v) is 10.5. The van der Waals surface area contributed by atoms with Gasteiger partial charge in [0.05, 0.1) is 16.9 Å². The Balaban J connectivity index is 1.62. The summed E-state index contributed by atoms with van der Waals surface area (Å²) in [6.45, 7) is 0.584. The molecule has 5 nitrogen and oxygen atoms in total. The molecule has 1 saturated heterocycles. The van der Waals surface area contributed by atoms with Crippen molar-refractivity contribution in [3.63, 3.8) is 0 Å². The minimum Gasteiger partial charge on any atom is -0.393 e. The number of hydrogen-bond acceptors (Lipinski definition) is 4. The maximum atomic E-state index is 13.0. The standard InChI is InChI=1S/C21H21NO4S/c23-17-10-12-22(13-11-17)27(25,26)18-6-3-5-16(14-18)21(24)20-9-8-15-4-1-2-7-19(15)20/h1-9,14,17,20,23H,10-13H2. The zero-order chi connectivity index (χ0) is 19.0. The summed E-state index contributed by atoms with van der Waals surface area (Å²) in [5.74, 6) is -0.494. The summed E-state index contributed by atoms with van der Waals surface area (Å²) in [5, 5.41) is 9.61. The van der Waals surface area contributed by atoms with Crippen LogP contribution in [-0.2, 0) is 10.0 Å². The van der Waals surface area contributed by atoms with E-state index in [-0.39, 0.29) is 16.6 Å². The van der Waals surface area contributed by atoms with Crippen LogP contribution in [0.25, 0.3) is 6.08 Å². The summed E-state index contributed by atoms with van der Waals surface area (Å²) in [5.41, 5.74) is 2.35. The number of aliphatic hydroxyl groups is 1. The molecule has 2 aromatic carbocycles. The number of fused-ring (bicyclic) bond motifs is 1. The molecule has 0 bridgehead atoms. The fraction of sp³-hybridized carbons (Fsp3) is 0.286. The van der Waals surface area contributed by atoms with E-state index in [4.69, 9.17) is 0 Å². The SMILES string of the molecule is O=C(c1cccc(S(=O)(=O)N2CCC(O)CC2)c1)C1C=Cc2ccccc21. The average molecular weight is 383 g/mol. The number of allylic oxidation sites excluding steroid dienone is 1. The van der Waals surface area contributed by atoms with E-state index < -0.39 is 16.1 Å². The zero-order valence-electron chi connectivity index (χ0n) is 14.8. The Morgan fingerprint density at radius 1 is 1.04 bits per heavy atom. The molecule has 0 amide bonds. The van der Waals surface area contributed by atoms with Gasteiger partial charge in [-0.25, -0.2) is 8.42 Å². The molecule has 1 aliphatic heterocycles. The molecular weight excluding hydrogens is 362 g/mol. The number of carbonyl (C=O) groups excluding carboxylic acids is 1. The maximum absolute atomic E-state index is 13.0. The van der Waals surface area contributed by atoms with Gasteiger partial charge in [-0.2, -0.15) is 4.31 Å². The van der Waals surface area contributed by atoms with Crippen LogP contribution in [0.4, 0.5) is 0 Å². The first kappa shape index (κ1) is 18.1. The number of hydrogen-bond donors (Lipinski definition) is 1. The average Bonchev–Trinajstić information content (AvgIpc) is 3.12. The lowest BCUT2D eigenvalue weighted by molar-refractivity contribution is 0.0977. The number of Topliss-reactive ketones (excluding diaryl/α,β-unsaturated/α-hetero) is 1. The second-order valence-electron chi connectivity index (χ2n) is 6.99. The van der Waals surface area contributed by atoms with Crippen molar-refractivity contribution >= 4 is 21.9 Å². The van der Waals surface area contributed by atoms with Crippen LogP contribution in [0.5, 0.6) is 0 Å². The van der Waals surface area contributed by atoms with E-state index in [0.29, 0.717) is 31.5 Å². The smallest absolute Gasteiger partial charge is 0.243 e. The van der Waals surface area contributed by atoms with Crippen molar-refractivity contribution in [2.75, 3.05) is 13.1 Å². The molecular formula is C21H21NO4S. The van der Waals surface area contributed by atoms with Crippen LogP contribution < -0.4 is 0 Å². The number of nitrogens with zero attached hydrogens (tertiary/aromatic N) is 1. The van der Waals surface area contributed by atoms with E-state index in [1.54, 1.807) is 12.1 Å². The van der Waals surface area contributed by atoms with Crippen molar-refractivity contribution < 1.29 is 18.3 Å². The highest BCUT2D eigenvalue weighted by atomic mass is 32.2. The monoisotopic (exact) mass is 383 g/mol. The highest BCUT2D eigenvalue weighted by molar-refractivity contribution is 7.89. The Morgan fingerprint density at radius 3 is 2.56 bits per heavy atom. The molecule has 1 aliphatic carbocycles. The van der Waals surface area contributed by atoms with Crippen LogP contribution in [-0.4, -0.2) is 42.8 Å². The van der Waals surface area contributed by atoms with Crippen molar-refractivity contribution in [1.29, 1.82) is 0 Å². The van der Waals surface area contributed by atoms with Gasteiger partial charge in [0.25, 0.3) is 0 Å². The summed E-state index contributed by atoms with van der Waals surface area (Å²) >= 11 is 0. The number of carbonyl (C=O) groups is 1. The molecule has 2 aromatic rings. The van der Waals surface area contributed by atoms with Crippen LogP contribution >= 0.6 is 0 Å². The molecule has 1 N–H and O–H groups in total. The van der Waals surface area contributed by atoms with Crippen LogP contribution in [0.15, 0.2) is 59.5 Å². The number of sulfonamides is 1. The number of benzene rings is 2. The fourth-order valence-electron chi connectivity index (χ4n) is 3.70. The molecule has 0 spiro atoms. The predicted octanol–water partition coefficient (Wildman–Crippen LogP) is 2.83. The zero-order valence-corrected chi connectivity index (χ0v) is 15.6. The van der Waals surface area contributed by atoms with Crippen LogP contribution in [0, 0.1) is 0 Å². The van der Waals surface area contributed by atoms with E-state index in [9.17, 15) is 18.3 Å². The molecule has 1 atom stereocenters. The predicted molar refractivity (Wildman–Crippen MR) is 103 cm³/mol. The van der Waals surface area contributed by atoms with Gasteiger partial charge in [-0.1, -0.05) is 48.6 Å². The van der Waals surface area contributed by atoms with Gasteiger partial charge in [0.2, 0.25) is 10.0 Å². The third kappa shape index (κ3) is 3.36. The van der Waals surface area contributed by atoms with Gasteiger partial charge >= 0.3 is 0 Å². The highest BCUT2D eigenvalue weighted by Crippen LogP contribution is 2.33. The lowest BCUT2D eigenvalue weighted by Gasteiger charge is -2.28. The van der Waals surface area contributed by atoms with Crippen molar-refractivity contribution in [2.45, 2.75) is 29.8 Å². The molecule has 0 radical (unpaired) electrons. The summed E-state index contributed by atoms with van der Waals surface area (Å²) in [6, 6.07) is 14.0. The molecule has 140 valence electrons. The summed E-state index contributed by atoms with van der Waals surface area (Å²) < 4.78 is 27.2. The van der Waals surface area contributed by atoms with Crippen LogP contribution in [0.2, 0.25) is 0 Å². The molecule has 1 heterocycles. The van der Waals surface area contributed by atoms with Gasteiger partial charge in [0.15, 0.2) is 5.78 Å². The van der Waals surface area contributed by atoms with Gasteiger partial charge in [0, 0.05) is 18.7 Å². The molecule has 27 heavy (non-hydrogen) atoms. The van der Waals surface area contributed by atoms with Crippen LogP contribution in [0.3, 0.4) is 0 Å². The lowest BCUT2D eigenvalue weighted by atomic mass is 9.92. The van der Waals surface area contributed by atoms with E-state index in [0.717, 1.165) is 11.1 Å². The van der Waals surface area contributed by atoms with Gasteiger partial charge < -0.3 is 5.11 Å². The molecule has 1 fully saturated rings. The van der Waals surface area contributed by atoms with E-state index >= 15 is 0 Å². The Bertz CT molecular complexity index is 1000. The second-order valence-corrected chi connectivity index (χ2v) is 8.93. The summed E-state index contributed by atoms with van der Waals surface area (Å²) in [7, 11) is -3.67. The van der Waals surface area contributed by atoms with Gasteiger partial charge in [0.1, 0.15) is 0 Å². The van der Waals surface area contributed by atoms with Crippen molar-refractivity contribution in [1.82, 2.24) is 4.31 Å². The Labute approximate surface area is 159 Å². The molecule has 0 aromatic heterocycles. The first-order chi connectivity index (χ1) is 13.0. The van der Waals surface area contributed by atoms with Crippen molar-refractivity contribution in [2.24, 2.45) is 0 Å². The fourth-order valence-corrected chi connectivity index (χ4v) is 5.22. The number of aliphatic hydroxyl groups excluding tert-OH is 1. The minimum absolute atomic E-state index is 0.109. The van der Waals surface area contributed by atoms with Crippen LogP contribution in [0.1, 0.15) is 40.2 Å². The van der Waals surface area contributed by atoms with Gasteiger partial charge in [-0.05, 0) is 36.1 Å². The molecule has 0 saturated carbocycles. The Morgan fingerprint density at radius 2 is 1.78 bits per heavy atom. The molecule has 4 rings (SSSR count).